The predicted molar refractivity (Wildman–Crippen MR) is 90.7 cm³/mol. The molecule has 122 valence electrons. The standard InChI is InChI=1S/C19H28FNO/c1-12(2)8-9-21-15-7-5-6-14-10-17(22)18(13(3)4)19(20)16(14)11-15/h10,12,15,21-22H,3,5-9,11H2,1-2,4H3/t15-/m1/s1. The third kappa shape index (κ3) is 3.89. The highest BCUT2D eigenvalue weighted by atomic mass is 19.1. The smallest absolute Gasteiger partial charge is 0.137 e. The number of rotatable bonds is 5. The second-order valence-electron chi connectivity index (χ2n) is 6.93. The minimum atomic E-state index is -0.278. The van der Waals surface area contributed by atoms with Crippen LogP contribution in [0.1, 0.15) is 56.7 Å². The summed E-state index contributed by atoms with van der Waals surface area (Å²) in [6, 6.07) is 2.05. The van der Waals surface area contributed by atoms with E-state index < -0.39 is 0 Å². The van der Waals surface area contributed by atoms with Gasteiger partial charge in [0, 0.05) is 6.04 Å². The number of fused-ring (bicyclic) bond motifs is 1. The van der Waals surface area contributed by atoms with Gasteiger partial charge in [-0.3, -0.25) is 0 Å². The summed E-state index contributed by atoms with van der Waals surface area (Å²) in [7, 11) is 0. The second kappa shape index (κ2) is 7.28. The zero-order chi connectivity index (χ0) is 16.3. The Labute approximate surface area is 133 Å². The van der Waals surface area contributed by atoms with Crippen LogP contribution in [0.4, 0.5) is 4.39 Å². The first-order valence-electron chi connectivity index (χ1n) is 8.32. The van der Waals surface area contributed by atoms with E-state index in [-0.39, 0.29) is 17.1 Å². The molecule has 2 rings (SSSR count). The van der Waals surface area contributed by atoms with Gasteiger partial charge < -0.3 is 10.4 Å². The highest BCUT2D eigenvalue weighted by molar-refractivity contribution is 5.69. The average molecular weight is 305 g/mol. The summed E-state index contributed by atoms with van der Waals surface area (Å²) in [5.41, 5.74) is 2.57. The number of allylic oxidation sites excluding steroid dienone is 1. The Morgan fingerprint density at radius 1 is 1.50 bits per heavy atom. The molecule has 2 nitrogen and oxygen atoms in total. The Morgan fingerprint density at radius 3 is 2.86 bits per heavy atom. The quantitative estimate of drug-likeness (QED) is 0.788. The maximum atomic E-state index is 14.8. The van der Waals surface area contributed by atoms with Crippen molar-refractivity contribution in [3.05, 3.63) is 35.2 Å². The zero-order valence-corrected chi connectivity index (χ0v) is 14.0. The second-order valence-corrected chi connectivity index (χ2v) is 6.93. The molecule has 22 heavy (non-hydrogen) atoms. The van der Waals surface area contributed by atoms with E-state index >= 15 is 0 Å². The van der Waals surface area contributed by atoms with Crippen molar-refractivity contribution in [2.45, 2.75) is 58.9 Å². The minimum absolute atomic E-state index is 0.0231. The van der Waals surface area contributed by atoms with Gasteiger partial charge >= 0.3 is 0 Å². The summed E-state index contributed by atoms with van der Waals surface area (Å²) in [6.45, 7) is 10.9. The molecule has 0 aliphatic heterocycles. The Kier molecular flexibility index (Phi) is 5.63. The Balaban J connectivity index is 2.22. The summed E-state index contributed by atoms with van der Waals surface area (Å²) >= 11 is 0. The number of benzene rings is 1. The molecule has 0 amide bonds. The van der Waals surface area contributed by atoms with Gasteiger partial charge in [-0.2, -0.15) is 0 Å². The maximum absolute atomic E-state index is 14.8. The average Bonchev–Trinajstić information content (AvgIpc) is 2.60. The number of nitrogens with one attached hydrogen (secondary N) is 1. The molecular weight excluding hydrogens is 277 g/mol. The van der Waals surface area contributed by atoms with Gasteiger partial charge in [-0.15, -0.1) is 0 Å². The molecule has 3 heteroatoms. The monoisotopic (exact) mass is 305 g/mol. The van der Waals surface area contributed by atoms with Crippen LogP contribution in [-0.2, 0) is 12.8 Å². The molecule has 0 spiro atoms. The van der Waals surface area contributed by atoms with E-state index in [4.69, 9.17) is 0 Å². The van der Waals surface area contributed by atoms with Gasteiger partial charge in [0.05, 0.1) is 5.56 Å². The van der Waals surface area contributed by atoms with Crippen molar-refractivity contribution in [2.75, 3.05) is 6.54 Å². The highest BCUT2D eigenvalue weighted by Gasteiger charge is 2.23. The number of hydrogen-bond acceptors (Lipinski definition) is 2. The molecule has 1 aliphatic rings. The third-order valence-corrected chi connectivity index (χ3v) is 4.47. The third-order valence-electron chi connectivity index (χ3n) is 4.47. The van der Waals surface area contributed by atoms with Crippen molar-refractivity contribution in [1.29, 1.82) is 0 Å². The molecule has 0 aromatic heterocycles. The normalized spacial score (nSPS) is 18.1. The first-order chi connectivity index (χ1) is 10.4. The number of phenolic OH excluding ortho intramolecular Hbond substituents is 1. The summed E-state index contributed by atoms with van der Waals surface area (Å²) in [5, 5.41) is 13.6. The number of phenols is 1. The van der Waals surface area contributed by atoms with Crippen molar-refractivity contribution < 1.29 is 9.50 Å². The molecular formula is C19H28FNO. The highest BCUT2D eigenvalue weighted by Crippen LogP contribution is 2.34. The Morgan fingerprint density at radius 2 is 2.23 bits per heavy atom. The molecule has 0 fully saturated rings. The van der Waals surface area contributed by atoms with Gasteiger partial charge in [0.25, 0.3) is 0 Å². The summed E-state index contributed by atoms with van der Waals surface area (Å²) in [5.74, 6) is 0.421. The number of halogens is 1. The lowest BCUT2D eigenvalue weighted by Gasteiger charge is -2.19. The molecule has 1 atom stereocenters. The van der Waals surface area contributed by atoms with Crippen LogP contribution in [0.3, 0.4) is 0 Å². The van der Waals surface area contributed by atoms with Gasteiger partial charge in [0.2, 0.25) is 0 Å². The number of aromatic hydroxyl groups is 1. The van der Waals surface area contributed by atoms with Gasteiger partial charge in [-0.05, 0) is 74.3 Å². The summed E-state index contributed by atoms with van der Waals surface area (Å²) in [4.78, 5) is 0. The van der Waals surface area contributed by atoms with Crippen molar-refractivity contribution in [3.63, 3.8) is 0 Å². The lowest BCUT2D eigenvalue weighted by Crippen LogP contribution is -2.32. The topological polar surface area (TPSA) is 32.3 Å². The first kappa shape index (κ1) is 17.0. The molecule has 2 N–H and O–H groups in total. The largest absolute Gasteiger partial charge is 0.507 e. The first-order valence-corrected chi connectivity index (χ1v) is 8.32. The van der Waals surface area contributed by atoms with E-state index in [2.05, 4.69) is 25.7 Å². The minimum Gasteiger partial charge on any atom is -0.507 e. The van der Waals surface area contributed by atoms with E-state index in [0.717, 1.165) is 43.4 Å². The van der Waals surface area contributed by atoms with E-state index in [1.807, 2.05) is 0 Å². The van der Waals surface area contributed by atoms with E-state index in [0.29, 0.717) is 24.0 Å². The van der Waals surface area contributed by atoms with Gasteiger partial charge in [-0.25, -0.2) is 4.39 Å². The van der Waals surface area contributed by atoms with Crippen LogP contribution in [0.2, 0.25) is 0 Å². The summed E-state index contributed by atoms with van der Waals surface area (Å²) < 4.78 is 14.8. The summed E-state index contributed by atoms with van der Waals surface area (Å²) in [6.07, 6.45) is 4.74. The molecule has 0 saturated carbocycles. The Hall–Kier alpha value is -1.35. The van der Waals surface area contributed by atoms with Crippen molar-refractivity contribution in [1.82, 2.24) is 5.32 Å². The molecule has 0 radical (unpaired) electrons. The van der Waals surface area contributed by atoms with Crippen LogP contribution in [0, 0.1) is 11.7 Å². The zero-order valence-electron chi connectivity index (χ0n) is 14.0. The van der Waals surface area contributed by atoms with Gasteiger partial charge in [-0.1, -0.05) is 20.4 Å². The molecule has 0 heterocycles. The molecule has 0 saturated heterocycles. The van der Waals surface area contributed by atoms with Crippen molar-refractivity contribution in [3.8, 4) is 5.75 Å². The fourth-order valence-corrected chi connectivity index (χ4v) is 3.22. The number of aryl methyl sites for hydroxylation is 1. The van der Waals surface area contributed by atoms with Gasteiger partial charge in [0.1, 0.15) is 11.6 Å². The SMILES string of the molecule is C=C(C)c1c(O)cc2c(c1F)C[C@H](NCCC(C)C)CCC2. The van der Waals surface area contributed by atoms with Crippen LogP contribution < -0.4 is 5.32 Å². The van der Waals surface area contributed by atoms with E-state index in [9.17, 15) is 9.50 Å². The maximum Gasteiger partial charge on any atom is 0.137 e. The molecule has 1 aromatic carbocycles. The fourth-order valence-electron chi connectivity index (χ4n) is 3.22. The van der Waals surface area contributed by atoms with Crippen molar-refractivity contribution in [2.24, 2.45) is 5.92 Å². The van der Waals surface area contributed by atoms with Crippen LogP contribution in [-0.4, -0.2) is 17.7 Å². The van der Waals surface area contributed by atoms with Crippen LogP contribution in [0.25, 0.3) is 5.57 Å². The lowest BCUT2D eigenvalue weighted by molar-refractivity contribution is 0.438. The number of hydrogen-bond donors (Lipinski definition) is 2. The predicted octanol–water partition coefficient (Wildman–Crippen LogP) is 4.45. The van der Waals surface area contributed by atoms with Crippen LogP contribution >= 0.6 is 0 Å². The van der Waals surface area contributed by atoms with E-state index in [1.54, 1.807) is 13.0 Å². The van der Waals surface area contributed by atoms with Crippen molar-refractivity contribution >= 4 is 5.57 Å². The van der Waals surface area contributed by atoms with Gasteiger partial charge in [0.15, 0.2) is 0 Å². The molecule has 1 aromatic rings. The fraction of sp³-hybridized carbons (Fsp3) is 0.579. The lowest BCUT2D eigenvalue weighted by atomic mass is 9.94. The molecule has 0 bridgehead atoms. The van der Waals surface area contributed by atoms with Crippen LogP contribution in [0.5, 0.6) is 5.75 Å². The van der Waals surface area contributed by atoms with Crippen LogP contribution in [0.15, 0.2) is 12.6 Å². The Bertz CT molecular complexity index is 551. The molecule has 1 aliphatic carbocycles. The molecule has 0 unspecified atom stereocenters. The van der Waals surface area contributed by atoms with E-state index in [1.165, 1.54) is 0 Å².